The Balaban J connectivity index is 3.87. The van der Waals surface area contributed by atoms with Crippen molar-refractivity contribution >= 4 is 16.0 Å². The van der Waals surface area contributed by atoms with Crippen LogP contribution in [0.15, 0.2) is 0 Å². The number of hydrogen-bond donors (Lipinski definition) is 0. The molecule has 0 radical (unpaired) electrons. The maximum atomic E-state index is 11.7. The molecule has 0 aromatic carbocycles. The van der Waals surface area contributed by atoms with E-state index in [-0.39, 0.29) is 6.61 Å². The molecule has 5 nitrogen and oxygen atoms in total. The molecule has 0 aromatic heterocycles. The molecule has 0 saturated heterocycles. The van der Waals surface area contributed by atoms with Crippen molar-refractivity contribution in [3.63, 3.8) is 0 Å². The number of carbonyl (C=O) groups excluding carboxylic acids is 1. The second-order valence-electron chi connectivity index (χ2n) is 4.86. The molecule has 0 saturated carbocycles. The summed E-state index contributed by atoms with van der Waals surface area (Å²) in [6, 6.07) is 0. The minimum atomic E-state index is -3.73. The number of rotatable bonds is 12. The fourth-order valence-corrected chi connectivity index (χ4v) is 2.87. The lowest BCUT2D eigenvalue weighted by atomic mass is 10.1. The maximum absolute atomic E-state index is 11.7. The Bertz CT molecular complexity index is 350. The van der Waals surface area contributed by atoms with Gasteiger partial charge in [-0.25, -0.2) is 0 Å². The van der Waals surface area contributed by atoms with Crippen molar-refractivity contribution in [2.24, 2.45) is 0 Å². The first-order valence-electron chi connectivity index (χ1n) is 7.61. The summed E-state index contributed by atoms with van der Waals surface area (Å²) in [5.41, 5.74) is 0. The summed E-state index contributed by atoms with van der Waals surface area (Å²) in [5, 5.41) is 0. The van der Waals surface area contributed by atoms with Crippen LogP contribution in [0.1, 0.15) is 59.3 Å². The van der Waals surface area contributed by atoms with E-state index >= 15 is 0 Å². The van der Waals surface area contributed by atoms with Crippen LogP contribution in [0.4, 0.5) is 0 Å². The van der Waals surface area contributed by atoms with E-state index in [4.69, 9.17) is 4.18 Å². The molecule has 0 heterocycles. The number of carbonyl (C=O) groups is 1. The summed E-state index contributed by atoms with van der Waals surface area (Å²) in [5.74, 6) is -0.942. The first-order valence-corrected chi connectivity index (χ1v) is 9.19. The second-order valence-corrected chi connectivity index (χ2v) is 6.50. The summed E-state index contributed by atoms with van der Waals surface area (Å²) in [4.78, 5) is 13.2. The highest BCUT2D eigenvalue weighted by Crippen LogP contribution is 2.06. The summed E-state index contributed by atoms with van der Waals surface area (Å²) >= 11 is 0. The van der Waals surface area contributed by atoms with Crippen molar-refractivity contribution in [1.29, 1.82) is 0 Å². The fraction of sp³-hybridized carbons (Fsp3) is 0.929. The number of nitrogens with zero attached hydrogens (tertiary/aromatic N) is 1. The Kier molecular flexibility index (Phi) is 10.7. The van der Waals surface area contributed by atoms with Gasteiger partial charge in [0.2, 0.25) is 5.91 Å². The minimum absolute atomic E-state index is 0.181. The van der Waals surface area contributed by atoms with Crippen molar-refractivity contribution in [3.05, 3.63) is 0 Å². The van der Waals surface area contributed by atoms with Crippen molar-refractivity contribution < 1.29 is 17.4 Å². The highest BCUT2D eigenvalue weighted by atomic mass is 32.2. The molecule has 20 heavy (non-hydrogen) atoms. The Morgan fingerprint density at radius 2 is 1.50 bits per heavy atom. The van der Waals surface area contributed by atoms with Gasteiger partial charge in [0.05, 0.1) is 6.61 Å². The van der Waals surface area contributed by atoms with Gasteiger partial charge in [-0.2, -0.15) is 8.42 Å². The predicted octanol–water partition coefficient (Wildman–Crippen LogP) is 2.56. The molecule has 120 valence electrons. The van der Waals surface area contributed by atoms with Gasteiger partial charge < -0.3 is 4.90 Å². The molecule has 0 rings (SSSR count). The molecular weight excluding hydrogens is 278 g/mol. The third-order valence-electron chi connectivity index (χ3n) is 3.18. The Labute approximate surface area is 123 Å². The lowest BCUT2D eigenvalue weighted by Crippen LogP contribution is -2.35. The summed E-state index contributed by atoms with van der Waals surface area (Å²) in [6.07, 6.45) is 6.40. The van der Waals surface area contributed by atoms with Gasteiger partial charge >= 0.3 is 0 Å². The number of hydrogen-bond acceptors (Lipinski definition) is 4. The molecule has 0 aliphatic carbocycles. The van der Waals surface area contributed by atoms with Gasteiger partial charge in [-0.1, -0.05) is 39.0 Å². The van der Waals surface area contributed by atoms with Crippen LogP contribution in [0, 0.1) is 0 Å². The summed E-state index contributed by atoms with van der Waals surface area (Å²) in [6.45, 7) is 7.02. The van der Waals surface area contributed by atoms with E-state index < -0.39 is 21.8 Å². The van der Waals surface area contributed by atoms with Crippen molar-refractivity contribution in [2.45, 2.75) is 59.3 Å². The molecule has 0 bridgehead atoms. The molecule has 0 aliphatic rings. The first-order chi connectivity index (χ1) is 9.46. The molecule has 0 fully saturated rings. The lowest BCUT2D eigenvalue weighted by molar-refractivity contribution is -0.128. The van der Waals surface area contributed by atoms with Crippen LogP contribution in [0.25, 0.3) is 0 Å². The Morgan fingerprint density at radius 3 is 2.05 bits per heavy atom. The van der Waals surface area contributed by atoms with Crippen LogP contribution in [0.3, 0.4) is 0 Å². The molecule has 0 unspecified atom stereocenters. The van der Waals surface area contributed by atoms with Crippen LogP contribution < -0.4 is 0 Å². The normalized spacial score (nSPS) is 11.6. The predicted molar refractivity (Wildman–Crippen MR) is 81.0 cm³/mol. The van der Waals surface area contributed by atoms with E-state index in [1.54, 1.807) is 0 Å². The van der Waals surface area contributed by atoms with Gasteiger partial charge in [0.1, 0.15) is 0 Å². The van der Waals surface area contributed by atoms with Crippen LogP contribution >= 0.6 is 0 Å². The van der Waals surface area contributed by atoms with Crippen LogP contribution in [-0.2, 0) is 19.1 Å². The second kappa shape index (κ2) is 11.1. The quantitative estimate of drug-likeness (QED) is 0.410. The molecule has 0 spiro atoms. The smallest absolute Gasteiger partial charge is 0.276 e. The van der Waals surface area contributed by atoms with Gasteiger partial charge in [-0.3, -0.25) is 8.98 Å². The SMILES string of the molecule is CCCCCCCCOS(=O)(=O)CC(=O)N(CC)CC. The van der Waals surface area contributed by atoms with Crippen LogP contribution in [0.5, 0.6) is 0 Å². The summed E-state index contributed by atoms with van der Waals surface area (Å²) in [7, 11) is -3.73. The molecule has 0 aromatic rings. The maximum Gasteiger partial charge on any atom is 0.276 e. The van der Waals surface area contributed by atoms with Crippen LogP contribution in [-0.4, -0.2) is 44.7 Å². The molecular formula is C14H29NO4S. The Hall–Kier alpha value is -0.620. The minimum Gasteiger partial charge on any atom is -0.342 e. The van der Waals surface area contributed by atoms with Gasteiger partial charge in [-0.05, 0) is 20.3 Å². The molecule has 0 N–H and O–H groups in total. The van der Waals surface area contributed by atoms with E-state index in [1.807, 2.05) is 13.8 Å². The highest BCUT2D eigenvalue weighted by molar-refractivity contribution is 7.87. The van der Waals surface area contributed by atoms with E-state index in [9.17, 15) is 13.2 Å². The van der Waals surface area contributed by atoms with E-state index in [2.05, 4.69) is 6.92 Å². The fourth-order valence-electron chi connectivity index (χ4n) is 1.93. The zero-order valence-corrected chi connectivity index (χ0v) is 13.9. The van der Waals surface area contributed by atoms with E-state index in [1.165, 1.54) is 24.2 Å². The molecule has 0 aliphatic heterocycles. The third-order valence-corrected chi connectivity index (χ3v) is 4.30. The van der Waals surface area contributed by atoms with Gasteiger partial charge in [0.25, 0.3) is 10.1 Å². The number of amides is 1. The molecule has 0 atom stereocenters. The van der Waals surface area contributed by atoms with Crippen molar-refractivity contribution in [3.8, 4) is 0 Å². The number of unbranched alkanes of at least 4 members (excludes halogenated alkanes) is 5. The highest BCUT2D eigenvalue weighted by Gasteiger charge is 2.20. The van der Waals surface area contributed by atoms with Gasteiger partial charge in [0, 0.05) is 13.1 Å². The zero-order chi connectivity index (χ0) is 15.4. The monoisotopic (exact) mass is 307 g/mol. The van der Waals surface area contributed by atoms with Crippen molar-refractivity contribution in [1.82, 2.24) is 4.90 Å². The summed E-state index contributed by atoms with van der Waals surface area (Å²) < 4.78 is 28.2. The first kappa shape index (κ1) is 19.4. The third kappa shape index (κ3) is 9.31. The average Bonchev–Trinajstić information content (AvgIpc) is 2.38. The van der Waals surface area contributed by atoms with E-state index in [0.29, 0.717) is 13.1 Å². The average molecular weight is 307 g/mol. The van der Waals surface area contributed by atoms with Gasteiger partial charge in [0.15, 0.2) is 5.75 Å². The molecule has 1 amide bonds. The Morgan fingerprint density at radius 1 is 0.950 bits per heavy atom. The lowest BCUT2D eigenvalue weighted by Gasteiger charge is -2.18. The zero-order valence-electron chi connectivity index (χ0n) is 13.1. The largest absolute Gasteiger partial charge is 0.342 e. The topological polar surface area (TPSA) is 63.7 Å². The van der Waals surface area contributed by atoms with Crippen molar-refractivity contribution in [2.75, 3.05) is 25.4 Å². The standard InChI is InChI=1S/C14H29NO4S/c1-4-7-8-9-10-11-12-19-20(17,18)13-14(16)15(5-2)6-3/h4-13H2,1-3H3. The van der Waals surface area contributed by atoms with Crippen LogP contribution in [0.2, 0.25) is 0 Å². The molecule has 6 heteroatoms. The van der Waals surface area contributed by atoms with E-state index in [0.717, 1.165) is 19.3 Å². The van der Waals surface area contributed by atoms with Gasteiger partial charge in [-0.15, -0.1) is 0 Å².